The van der Waals surface area contributed by atoms with E-state index < -0.39 is 0 Å². The van der Waals surface area contributed by atoms with E-state index in [2.05, 4.69) is 35.1 Å². The van der Waals surface area contributed by atoms with Gasteiger partial charge in [-0.25, -0.2) is 0 Å². The number of carbonyl (C=O) groups is 4. The van der Waals surface area contributed by atoms with E-state index in [0.29, 0.717) is 25.9 Å². The second kappa shape index (κ2) is 17.9. The van der Waals surface area contributed by atoms with Gasteiger partial charge in [-0.05, 0) is 25.7 Å². The Morgan fingerprint density at radius 2 is 1.17 bits per heavy atom. The summed E-state index contributed by atoms with van der Waals surface area (Å²) in [6.45, 7) is 7.19. The molecule has 0 bridgehead atoms. The smallest absolute Gasteiger partial charge is 0.239 e. The Bertz CT molecular complexity index is 497. The lowest BCUT2D eigenvalue weighted by molar-refractivity contribution is -0.129. The monoisotopic (exact) mass is 412 g/mol. The molecule has 168 valence electrons. The average Bonchev–Trinajstić information content (AvgIpc) is 2.71. The Balaban J connectivity index is 3.99. The first kappa shape index (κ1) is 26.9. The van der Waals surface area contributed by atoms with Gasteiger partial charge in [0.25, 0.3) is 0 Å². The first-order valence-corrected chi connectivity index (χ1v) is 11.0. The van der Waals surface area contributed by atoms with Gasteiger partial charge in [0.05, 0.1) is 13.1 Å². The van der Waals surface area contributed by atoms with Crippen LogP contribution in [0.25, 0.3) is 0 Å². The molecule has 0 aromatic heterocycles. The predicted octanol–water partition coefficient (Wildman–Crippen LogP) is 1.64. The quantitative estimate of drug-likeness (QED) is 0.272. The zero-order valence-electron chi connectivity index (χ0n) is 18.4. The average molecular weight is 413 g/mol. The van der Waals surface area contributed by atoms with Gasteiger partial charge < -0.3 is 21.3 Å². The second-order valence-electron chi connectivity index (χ2n) is 7.25. The SMILES string of the molecule is CCCCCNC(=O)CNC(=O)CCC(CC)C(=O)NCC(=O)NCCCCC. The number of unbranched alkanes of at least 4 members (excludes halogenated alkanes) is 4. The molecular formula is C21H40N4O4. The highest BCUT2D eigenvalue weighted by molar-refractivity contribution is 5.87. The molecule has 8 heteroatoms. The van der Waals surface area contributed by atoms with Crippen LogP contribution in [0.5, 0.6) is 0 Å². The predicted molar refractivity (Wildman–Crippen MR) is 114 cm³/mol. The van der Waals surface area contributed by atoms with Gasteiger partial charge in [-0.2, -0.15) is 0 Å². The van der Waals surface area contributed by atoms with Crippen molar-refractivity contribution in [3.63, 3.8) is 0 Å². The van der Waals surface area contributed by atoms with Crippen LogP contribution in [-0.4, -0.2) is 49.8 Å². The lowest BCUT2D eigenvalue weighted by Gasteiger charge is -2.15. The van der Waals surface area contributed by atoms with Gasteiger partial charge in [-0.3, -0.25) is 19.2 Å². The first-order valence-electron chi connectivity index (χ1n) is 11.0. The molecule has 0 heterocycles. The Labute approximate surface area is 175 Å². The minimum absolute atomic E-state index is 0.0495. The molecule has 29 heavy (non-hydrogen) atoms. The highest BCUT2D eigenvalue weighted by atomic mass is 16.2. The molecule has 8 nitrogen and oxygen atoms in total. The summed E-state index contributed by atoms with van der Waals surface area (Å²) in [7, 11) is 0. The van der Waals surface area contributed by atoms with E-state index in [9.17, 15) is 19.2 Å². The van der Waals surface area contributed by atoms with Crippen molar-refractivity contribution in [2.45, 2.75) is 78.6 Å². The Morgan fingerprint density at radius 3 is 1.66 bits per heavy atom. The Hall–Kier alpha value is -2.12. The van der Waals surface area contributed by atoms with Crippen LogP contribution in [-0.2, 0) is 19.2 Å². The van der Waals surface area contributed by atoms with E-state index in [-0.39, 0.29) is 49.1 Å². The maximum absolute atomic E-state index is 12.2. The van der Waals surface area contributed by atoms with Gasteiger partial charge in [-0.1, -0.05) is 46.5 Å². The van der Waals surface area contributed by atoms with Crippen molar-refractivity contribution in [3.8, 4) is 0 Å². The third-order valence-electron chi connectivity index (χ3n) is 4.66. The Morgan fingerprint density at radius 1 is 0.655 bits per heavy atom. The molecular weight excluding hydrogens is 372 g/mol. The molecule has 0 aliphatic carbocycles. The maximum Gasteiger partial charge on any atom is 0.239 e. The molecule has 0 saturated carbocycles. The lowest BCUT2D eigenvalue weighted by atomic mass is 9.99. The Kier molecular flexibility index (Phi) is 16.6. The number of hydrogen-bond acceptors (Lipinski definition) is 4. The van der Waals surface area contributed by atoms with Crippen molar-refractivity contribution in [3.05, 3.63) is 0 Å². The number of nitrogens with one attached hydrogen (secondary N) is 4. The molecule has 0 aromatic carbocycles. The second-order valence-corrected chi connectivity index (χ2v) is 7.25. The largest absolute Gasteiger partial charge is 0.355 e. The van der Waals surface area contributed by atoms with Crippen molar-refractivity contribution < 1.29 is 19.2 Å². The first-order chi connectivity index (χ1) is 13.9. The molecule has 1 atom stereocenters. The summed E-state index contributed by atoms with van der Waals surface area (Å²) >= 11 is 0. The van der Waals surface area contributed by atoms with E-state index >= 15 is 0 Å². The zero-order chi connectivity index (χ0) is 21.9. The van der Waals surface area contributed by atoms with Crippen LogP contribution in [0.15, 0.2) is 0 Å². The number of hydrogen-bond donors (Lipinski definition) is 4. The topological polar surface area (TPSA) is 116 Å². The third-order valence-corrected chi connectivity index (χ3v) is 4.66. The summed E-state index contributed by atoms with van der Waals surface area (Å²) in [5, 5.41) is 10.7. The lowest BCUT2D eigenvalue weighted by Crippen LogP contribution is -2.40. The van der Waals surface area contributed by atoms with Crippen LogP contribution in [0.4, 0.5) is 0 Å². The molecule has 4 N–H and O–H groups in total. The van der Waals surface area contributed by atoms with Gasteiger partial charge in [0.2, 0.25) is 23.6 Å². The molecule has 0 aliphatic rings. The van der Waals surface area contributed by atoms with Gasteiger partial charge >= 0.3 is 0 Å². The number of rotatable bonds is 17. The van der Waals surface area contributed by atoms with E-state index in [1.165, 1.54) is 0 Å². The van der Waals surface area contributed by atoms with E-state index in [4.69, 9.17) is 0 Å². The standard InChI is InChI=1S/C21H40N4O4/c1-4-7-9-13-22-19(27)15-24-18(26)12-11-17(6-3)21(29)25-16-20(28)23-14-10-8-5-2/h17H,4-16H2,1-3H3,(H,22,27)(H,23,28)(H,24,26)(H,25,29). The van der Waals surface area contributed by atoms with E-state index in [1.54, 1.807) is 0 Å². The normalized spacial score (nSPS) is 11.4. The number of carbonyl (C=O) groups excluding carboxylic acids is 4. The van der Waals surface area contributed by atoms with E-state index in [1.807, 2.05) is 6.92 Å². The summed E-state index contributed by atoms with van der Waals surface area (Å²) in [6, 6.07) is 0. The van der Waals surface area contributed by atoms with Crippen LogP contribution in [0.2, 0.25) is 0 Å². The molecule has 0 saturated heterocycles. The van der Waals surface area contributed by atoms with Crippen LogP contribution < -0.4 is 21.3 Å². The van der Waals surface area contributed by atoms with Crippen LogP contribution in [0, 0.1) is 5.92 Å². The molecule has 0 aromatic rings. The fourth-order valence-corrected chi connectivity index (χ4v) is 2.74. The summed E-state index contributed by atoms with van der Waals surface area (Å²) < 4.78 is 0. The van der Waals surface area contributed by atoms with Gasteiger partial charge in [0.15, 0.2) is 0 Å². The molecule has 0 fully saturated rings. The van der Waals surface area contributed by atoms with Gasteiger partial charge in [0.1, 0.15) is 0 Å². The van der Waals surface area contributed by atoms with Gasteiger partial charge in [-0.15, -0.1) is 0 Å². The number of amides is 4. The van der Waals surface area contributed by atoms with E-state index in [0.717, 1.165) is 38.5 Å². The van der Waals surface area contributed by atoms with Crippen molar-refractivity contribution in [1.82, 2.24) is 21.3 Å². The fourth-order valence-electron chi connectivity index (χ4n) is 2.74. The van der Waals surface area contributed by atoms with Crippen molar-refractivity contribution in [1.29, 1.82) is 0 Å². The van der Waals surface area contributed by atoms with Crippen LogP contribution in [0.1, 0.15) is 78.6 Å². The summed E-state index contributed by atoms with van der Waals surface area (Å²) in [5.74, 6) is -1.22. The third kappa shape index (κ3) is 15.5. The zero-order valence-corrected chi connectivity index (χ0v) is 18.4. The van der Waals surface area contributed by atoms with Crippen LogP contribution >= 0.6 is 0 Å². The summed E-state index contributed by atoms with van der Waals surface area (Å²) in [6.07, 6.45) is 7.28. The molecule has 0 rings (SSSR count). The highest BCUT2D eigenvalue weighted by Gasteiger charge is 2.18. The van der Waals surface area contributed by atoms with Crippen molar-refractivity contribution >= 4 is 23.6 Å². The molecule has 4 amide bonds. The maximum atomic E-state index is 12.2. The van der Waals surface area contributed by atoms with Crippen molar-refractivity contribution in [2.75, 3.05) is 26.2 Å². The molecule has 0 radical (unpaired) electrons. The minimum atomic E-state index is -0.337. The summed E-state index contributed by atoms with van der Waals surface area (Å²) in [5.41, 5.74) is 0. The molecule has 1 unspecified atom stereocenters. The van der Waals surface area contributed by atoms with Crippen LogP contribution in [0.3, 0.4) is 0 Å². The summed E-state index contributed by atoms with van der Waals surface area (Å²) in [4.78, 5) is 47.5. The van der Waals surface area contributed by atoms with Gasteiger partial charge in [0, 0.05) is 25.4 Å². The van der Waals surface area contributed by atoms with Crippen molar-refractivity contribution in [2.24, 2.45) is 5.92 Å². The fraction of sp³-hybridized carbons (Fsp3) is 0.810. The molecule has 0 spiro atoms. The minimum Gasteiger partial charge on any atom is -0.355 e. The molecule has 0 aliphatic heterocycles. The highest BCUT2D eigenvalue weighted by Crippen LogP contribution is 2.11.